The first-order valence-electron chi connectivity index (χ1n) is 7.27. The van der Waals surface area contributed by atoms with Crippen molar-refractivity contribution in [3.8, 4) is 0 Å². The zero-order valence-electron chi connectivity index (χ0n) is 13.1. The highest BCUT2D eigenvalue weighted by Crippen LogP contribution is 2.18. The van der Waals surface area contributed by atoms with Gasteiger partial charge in [0.1, 0.15) is 0 Å². The first kappa shape index (κ1) is 16.3. The van der Waals surface area contributed by atoms with Crippen molar-refractivity contribution < 1.29 is 4.79 Å². The Balaban J connectivity index is 2.00. The van der Waals surface area contributed by atoms with Crippen LogP contribution in [0.15, 0.2) is 48.5 Å². The Morgan fingerprint density at radius 1 is 1.14 bits per heavy atom. The molecule has 2 nitrogen and oxygen atoms in total. The van der Waals surface area contributed by atoms with Crippen molar-refractivity contribution in [3.05, 3.63) is 75.8 Å². The molecule has 2 aromatic carbocycles. The van der Waals surface area contributed by atoms with Crippen LogP contribution < -0.4 is 5.32 Å². The maximum Gasteiger partial charge on any atom is 0.244 e. The molecule has 1 N–H and O–H groups in total. The predicted molar refractivity (Wildman–Crippen MR) is 93.0 cm³/mol. The number of carbonyl (C=O) groups is 1. The number of nitrogens with one attached hydrogen (secondary N) is 1. The molecule has 0 aliphatic heterocycles. The molecule has 1 atom stereocenters. The standard InChI is InChI=1S/C19H20ClNO/c1-13-4-10-18(14(2)12-13)15(3)21-19(22)11-7-16-5-8-17(20)9-6-16/h4-12,15H,1-3H3,(H,21,22)/b11-7+/t15-/m0/s1. The van der Waals surface area contributed by atoms with Crippen LogP contribution in [0.5, 0.6) is 0 Å². The van der Waals surface area contributed by atoms with Gasteiger partial charge >= 0.3 is 0 Å². The lowest BCUT2D eigenvalue weighted by atomic mass is 10.0. The minimum absolute atomic E-state index is 0.0250. The second-order valence-electron chi connectivity index (χ2n) is 5.48. The van der Waals surface area contributed by atoms with Crippen LogP contribution >= 0.6 is 11.6 Å². The number of benzene rings is 2. The minimum Gasteiger partial charge on any atom is -0.346 e. The van der Waals surface area contributed by atoms with Crippen LogP contribution in [0.2, 0.25) is 5.02 Å². The third-order valence-corrected chi connectivity index (χ3v) is 3.80. The van der Waals surface area contributed by atoms with Gasteiger partial charge in [0, 0.05) is 11.1 Å². The van der Waals surface area contributed by atoms with Crippen molar-refractivity contribution in [2.24, 2.45) is 0 Å². The normalized spacial score (nSPS) is 12.4. The molecular formula is C19H20ClNO. The van der Waals surface area contributed by atoms with E-state index < -0.39 is 0 Å². The molecule has 1 amide bonds. The molecule has 0 spiro atoms. The zero-order chi connectivity index (χ0) is 16.1. The first-order valence-corrected chi connectivity index (χ1v) is 7.65. The second-order valence-corrected chi connectivity index (χ2v) is 5.91. The van der Waals surface area contributed by atoms with Gasteiger partial charge in [0.2, 0.25) is 5.91 Å². The van der Waals surface area contributed by atoms with Crippen LogP contribution in [-0.4, -0.2) is 5.91 Å². The minimum atomic E-state index is -0.109. The lowest BCUT2D eigenvalue weighted by Gasteiger charge is -2.16. The number of hydrogen-bond acceptors (Lipinski definition) is 1. The maximum atomic E-state index is 12.0. The highest BCUT2D eigenvalue weighted by atomic mass is 35.5. The Morgan fingerprint density at radius 2 is 1.82 bits per heavy atom. The Hall–Kier alpha value is -2.06. The van der Waals surface area contributed by atoms with E-state index in [1.54, 1.807) is 24.3 Å². The van der Waals surface area contributed by atoms with E-state index in [0.717, 1.165) is 11.1 Å². The fourth-order valence-electron chi connectivity index (χ4n) is 2.40. The molecule has 2 rings (SSSR count). The van der Waals surface area contributed by atoms with Crippen LogP contribution in [0.3, 0.4) is 0 Å². The predicted octanol–water partition coefficient (Wildman–Crippen LogP) is 4.85. The molecule has 3 heteroatoms. The number of aryl methyl sites for hydroxylation is 2. The van der Waals surface area contributed by atoms with E-state index in [9.17, 15) is 4.79 Å². The average Bonchev–Trinajstić information content (AvgIpc) is 2.46. The van der Waals surface area contributed by atoms with Crippen molar-refractivity contribution >= 4 is 23.6 Å². The molecule has 0 saturated carbocycles. The SMILES string of the molecule is Cc1ccc([C@H](C)NC(=O)/C=C/c2ccc(Cl)cc2)c(C)c1. The maximum absolute atomic E-state index is 12.0. The smallest absolute Gasteiger partial charge is 0.244 e. The van der Waals surface area contributed by atoms with Gasteiger partial charge in [0.25, 0.3) is 0 Å². The number of amides is 1. The Morgan fingerprint density at radius 3 is 2.45 bits per heavy atom. The van der Waals surface area contributed by atoms with Gasteiger partial charge < -0.3 is 5.32 Å². The Bertz CT molecular complexity index is 689. The van der Waals surface area contributed by atoms with E-state index in [0.29, 0.717) is 5.02 Å². The summed E-state index contributed by atoms with van der Waals surface area (Å²) < 4.78 is 0. The van der Waals surface area contributed by atoms with E-state index >= 15 is 0 Å². The lowest BCUT2D eigenvalue weighted by molar-refractivity contribution is -0.117. The zero-order valence-corrected chi connectivity index (χ0v) is 13.8. The monoisotopic (exact) mass is 313 g/mol. The van der Waals surface area contributed by atoms with E-state index in [1.807, 2.05) is 19.1 Å². The number of hydrogen-bond donors (Lipinski definition) is 1. The average molecular weight is 314 g/mol. The molecule has 0 unspecified atom stereocenters. The number of carbonyl (C=O) groups excluding carboxylic acids is 1. The van der Waals surface area contributed by atoms with Gasteiger partial charge in [0.15, 0.2) is 0 Å². The summed E-state index contributed by atoms with van der Waals surface area (Å²) in [4.78, 5) is 12.0. The van der Waals surface area contributed by atoms with Crippen LogP contribution in [0.1, 0.15) is 35.2 Å². The summed E-state index contributed by atoms with van der Waals surface area (Å²) in [6.45, 7) is 6.12. The molecule has 0 saturated heterocycles. The fourth-order valence-corrected chi connectivity index (χ4v) is 2.52. The summed E-state index contributed by atoms with van der Waals surface area (Å²) in [5.74, 6) is -0.109. The number of rotatable bonds is 4. The molecule has 0 aliphatic carbocycles. The Kier molecular flexibility index (Phi) is 5.40. The molecule has 0 aromatic heterocycles. The highest BCUT2D eigenvalue weighted by molar-refractivity contribution is 6.30. The summed E-state index contributed by atoms with van der Waals surface area (Å²) in [6.07, 6.45) is 3.32. The summed E-state index contributed by atoms with van der Waals surface area (Å²) in [5.41, 5.74) is 4.49. The highest BCUT2D eigenvalue weighted by Gasteiger charge is 2.09. The summed E-state index contributed by atoms with van der Waals surface area (Å²) in [5, 5.41) is 3.67. The van der Waals surface area contributed by atoms with Gasteiger partial charge in [-0.25, -0.2) is 0 Å². The van der Waals surface area contributed by atoms with Crippen LogP contribution in [0, 0.1) is 13.8 Å². The van der Waals surface area contributed by atoms with Crippen LogP contribution in [0.4, 0.5) is 0 Å². The van der Waals surface area contributed by atoms with Gasteiger partial charge in [-0.1, -0.05) is 47.5 Å². The van der Waals surface area contributed by atoms with Gasteiger partial charge in [-0.3, -0.25) is 4.79 Å². The molecule has 0 fully saturated rings. The lowest BCUT2D eigenvalue weighted by Crippen LogP contribution is -2.25. The number of halogens is 1. The largest absolute Gasteiger partial charge is 0.346 e. The molecule has 0 radical (unpaired) electrons. The molecule has 22 heavy (non-hydrogen) atoms. The van der Waals surface area contributed by atoms with Crippen molar-refractivity contribution in [2.45, 2.75) is 26.8 Å². The third kappa shape index (κ3) is 4.47. The van der Waals surface area contributed by atoms with Crippen molar-refractivity contribution in [1.82, 2.24) is 5.32 Å². The van der Waals surface area contributed by atoms with Crippen LogP contribution in [-0.2, 0) is 4.79 Å². The second kappa shape index (κ2) is 7.28. The summed E-state index contributed by atoms with van der Waals surface area (Å²) in [6, 6.07) is 13.6. The van der Waals surface area contributed by atoms with Gasteiger partial charge in [-0.15, -0.1) is 0 Å². The van der Waals surface area contributed by atoms with Crippen LogP contribution in [0.25, 0.3) is 6.08 Å². The molecule has 114 valence electrons. The molecule has 0 bridgehead atoms. The third-order valence-electron chi connectivity index (χ3n) is 3.55. The van der Waals surface area contributed by atoms with E-state index in [4.69, 9.17) is 11.6 Å². The van der Waals surface area contributed by atoms with Crippen molar-refractivity contribution in [3.63, 3.8) is 0 Å². The van der Waals surface area contributed by atoms with Crippen molar-refractivity contribution in [2.75, 3.05) is 0 Å². The van der Waals surface area contributed by atoms with Gasteiger partial charge in [-0.2, -0.15) is 0 Å². The Labute approximate surface area is 136 Å². The van der Waals surface area contributed by atoms with E-state index in [-0.39, 0.29) is 11.9 Å². The molecule has 2 aromatic rings. The van der Waals surface area contributed by atoms with Gasteiger partial charge in [-0.05, 0) is 55.7 Å². The van der Waals surface area contributed by atoms with Gasteiger partial charge in [0.05, 0.1) is 6.04 Å². The molecule has 0 aliphatic rings. The topological polar surface area (TPSA) is 29.1 Å². The van der Waals surface area contributed by atoms with E-state index in [1.165, 1.54) is 11.1 Å². The molecule has 0 heterocycles. The quantitative estimate of drug-likeness (QED) is 0.803. The molecular weight excluding hydrogens is 294 g/mol. The first-order chi connectivity index (χ1) is 10.5. The fraction of sp³-hybridized carbons (Fsp3) is 0.211. The summed E-state index contributed by atoms with van der Waals surface area (Å²) >= 11 is 5.83. The van der Waals surface area contributed by atoms with E-state index in [2.05, 4.69) is 37.4 Å². The van der Waals surface area contributed by atoms with Crippen molar-refractivity contribution in [1.29, 1.82) is 0 Å². The summed E-state index contributed by atoms with van der Waals surface area (Å²) in [7, 11) is 0.